The van der Waals surface area contributed by atoms with E-state index >= 15 is 0 Å². The highest BCUT2D eigenvalue weighted by Gasteiger charge is 2.04. The second-order valence-corrected chi connectivity index (χ2v) is 4.32. The minimum absolute atomic E-state index is 0.128. The third-order valence-corrected chi connectivity index (χ3v) is 2.67. The minimum Gasteiger partial charge on any atom is -0.395 e. The van der Waals surface area contributed by atoms with Gasteiger partial charge in [0.25, 0.3) is 0 Å². The van der Waals surface area contributed by atoms with E-state index in [0.717, 1.165) is 12.0 Å². The van der Waals surface area contributed by atoms with E-state index in [1.165, 1.54) is 0 Å². The van der Waals surface area contributed by atoms with Crippen LogP contribution in [0.1, 0.15) is 18.9 Å². The molecule has 1 atom stereocenters. The lowest BCUT2D eigenvalue weighted by atomic mass is 10.2. The Balaban J connectivity index is 2.57. The van der Waals surface area contributed by atoms with Crippen LogP contribution in [0.2, 0.25) is 10.0 Å². The molecule has 4 heteroatoms. The molecule has 0 aliphatic carbocycles. The first kappa shape index (κ1) is 12.8. The molecule has 0 radical (unpaired) electrons. The number of hydrogen-bond donors (Lipinski definition) is 2. The van der Waals surface area contributed by atoms with Crippen molar-refractivity contribution in [3.05, 3.63) is 33.8 Å². The van der Waals surface area contributed by atoms with E-state index in [1.54, 1.807) is 6.07 Å². The van der Waals surface area contributed by atoms with Crippen LogP contribution in [0.4, 0.5) is 0 Å². The van der Waals surface area contributed by atoms with E-state index in [-0.39, 0.29) is 12.6 Å². The normalized spacial score (nSPS) is 12.8. The maximum Gasteiger partial charge on any atom is 0.0584 e. The number of nitrogens with one attached hydrogen (secondary N) is 1. The summed E-state index contributed by atoms with van der Waals surface area (Å²) >= 11 is 11.7. The quantitative estimate of drug-likeness (QED) is 0.839. The number of aliphatic hydroxyl groups excluding tert-OH is 1. The van der Waals surface area contributed by atoms with E-state index < -0.39 is 0 Å². The number of benzene rings is 1. The monoisotopic (exact) mass is 247 g/mol. The van der Waals surface area contributed by atoms with Gasteiger partial charge in [-0.2, -0.15) is 0 Å². The molecule has 2 nitrogen and oxygen atoms in total. The van der Waals surface area contributed by atoms with Crippen molar-refractivity contribution >= 4 is 23.2 Å². The van der Waals surface area contributed by atoms with E-state index in [2.05, 4.69) is 5.32 Å². The van der Waals surface area contributed by atoms with Crippen LogP contribution in [-0.4, -0.2) is 17.8 Å². The van der Waals surface area contributed by atoms with Gasteiger partial charge in [-0.15, -0.1) is 0 Å². The van der Waals surface area contributed by atoms with Crippen molar-refractivity contribution in [3.8, 4) is 0 Å². The van der Waals surface area contributed by atoms with E-state index in [1.807, 2.05) is 19.1 Å². The predicted molar refractivity (Wildman–Crippen MR) is 64.5 cm³/mol. The third kappa shape index (κ3) is 4.39. The summed E-state index contributed by atoms with van der Waals surface area (Å²) in [6.07, 6.45) is 0.894. The fraction of sp³-hybridized carbons (Fsp3) is 0.455. The van der Waals surface area contributed by atoms with Gasteiger partial charge >= 0.3 is 0 Å². The number of rotatable bonds is 5. The summed E-state index contributed by atoms with van der Waals surface area (Å²) in [7, 11) is 0. The highest BCUT2D eigenvalue weighted by molar-refractivity contribution is 6.34. The van der Waals surface area contributed by atoms with Crippen LogP contribution in [0.3, 0.4) is 0 Å². The highest BCUT2D eigenvalue weighted by Crippen LogP contribution is 2.18. The summed E-state index contributed by atoms with van der Waals surface area (Å²) in [5.41, 5.74) is 1.03. The maximum atomic E-state index is 9.00. The first-order chi connectivity index (χ1) is 7.15. The summed E-state index contributed by atoms with van der Waals surface area (Å²) in [6, 6.07) is 5.56. The average molecular weight is 248 g/mol. The molecule has 0 heterocycles. The Morgan fingerprint density at radius 2 is 1.87 bits per heavy atom. The second kappa shape index (κ2) is 6.33. The second-order valence-electron chi connectivity index (χ2n) is 3.45. The molecular weight excluding hydrogens is 233 g/mol. The molecule has 0 aliphatic heterocycles. The molecule has 15 heavy (non-hydrogen) atoms. The zero-order valence-corrected chi connectivity index (χ0v) is 10.1. The van der Waals surface area contributed by atoms with Gasteiger partial charge < -0.3 is 10.4 Å². The van der Waals surface area contributed by atoms with Crippen molar-refractivity contribution in [2.75, 3.05) is 6.61 Å². The molecule has 0 saturated heterocycles. The summed E-state index contributed by atoms with van der Waals surface area (Å²) < 4.78 is 0. The summed E-state index contributed by atoms with van der Waals surface area (Å²) in [6.45, 7) is 2.84. The van der Waals surface area contributed by atoms with Crippen molar-refractivity contribution in [3.63, 3.8) is 0 Å². The molecule has 1 aromatic carbocycles. The topological polar surface area (TPSA) is 32.3 Å². The van der Waals surface area contributed by atoms with Crippen LogP contribution in [0, 0.1) is 0 Å². The fourth-order valence-electron chi connectivity index (χ4n) is 1.31. The Kier molecular flexibility index (Phi) is 5.40. The Bertz CT molecular complexity index is 293. The fourth-order valence-corrected chi connectivity index (χ4v) is 1.88. The van der Waals surface area contributed by atoms with Gasteiger partial charge in [-0.3, -0.25) is 0 Å². The molecular formula is C11H15Cl2NO. The number of halogens is 2. The van der Waals surface area contributed by atoms with Crippen LogP contribution in [0.25, 0.3) is 0 Å². The third-order valence-electron chi connectivity index (χ3n) is 2.23. The molecule has 84 valence electrons. The van der Waals surface area contributed by atoms with Crippen molar-refractivity contribution in [1.29, 1.82) is 0 Å². The van der Waals surface area contributed by atoms with Gasteiger partial charge in [0.1, 0.15) is 0 Å². The molecule has 0 spiro atoms. The summed E-state index contributed by atoms with van der Waals surface area (Å²) in [5.74, 6) is 0. The molecule has 0 bridgehead atoms. The minimum atomic E-state index is 0.128. The standard InChI is InChI=1S/C11H15Cl2NO/c1-2-11(7-15)14-6-8-3-9(12)5-10(13)4-8/h3-5,11,14-15H,2,6-7H2,1H3/t11-/m0/s1. The van der Waals surface area contributed by atoms with Gasteiger partial charge in [0, 0.05) is 22.6 Å². The van der Waals surface area contributed by atoms with Crippen molar-refractivity contribution in [1.82, 2.24) is 5.32 Å². The van der Waals surface area contributed by atoms with Gasteiger partial charge in [0.05, 0.1) is 6.61 Å². The molecule has 1 rings (SSSR count). The lowest BCUT2D eigenvalue weighted by Crippen LogP contribution is -2.31. The van der Waals surface area contributed by atoms with Crippen molar-refractivity contribution in [2.45, 2.75) is 25.9 Å². The van der Waals surface area contributed by atoms with Gasteiger partial charge in [0.2, 0.25) is 0 Å². The molecule has 2 N–H and O–H groups in total. The first-order valence-electron chi connectivity index (χ1n) is 4.95. The van der Waals surface area contributed by atoms with E-state index in [4.69, 9.17) is 28.3 Å². The zero-order chi connectivity index (χ0) is 11.3. The number of hydrogen-bond acceptors (Lipinski definition) is 2. The maximum absolute atomic E-state index is 9.00. The summed E-state index contributed by atoms with van der Waals surface area (Å²) in [5, 5.41) is 13.5. The van der Waals surface area contributed by atoms with Crippen LogP contribution < -0.4 is 5.32 Å². The lowest BCUT2D eigenvalue weighted by Gasteiger charge is -2.14. The largest absolute Gasteiger partial charge is 0.395 e. The summed E-state index contributed by atoms with van der Waals surface area (Å²) in [4.78, 5) is 0. The van der Waals surface area contributed by atoms with Crippen LogP contribution in [-0.2, 0) is 6.54 Å². The molecule has 0 aromatic heterocycles. The van der Waals surface area contributed by atoms with Gasteiger partial charge in [-0.1, -0.05) is 30.1 Å². The van der Waals surface area contributed by atoms with Crippen LogP contribution >= 0.6 is 23.2 Å². The smallest absolute Gasteiger partial charge is 0.0584 e. The molecule has 0 aliphatic rings. The van der Waals surface area contributed by atoms with E-state index in [9.17, 15) is 0 Å². The molecule has 0 fully saturated rings. The highest BCUT2D eigenvalue weighted by atomic mass is 35.5. The van der Waals surface area contributed by atoms with Gasteiger partial charge in [0.15, 0.2) is 0 Å². The van der Waals surface area contributed by atoms with Crippen molar-refractivity contribution < 1.29 is 5.11 Å². The molecule has 0 saturated carbocycles. The Morgan fingerprint density at radius 3 is 2.33 bits per heavy atom. The Hall–Kier alpha value is -0.280. The Morgan fingerprint density at radius 1 is 1.27 bits per heavy atom. The average Bonchev–Trinajstić information content (AvgIpc) is 2.18. The van der Waals surface area contributed by atoms with Crippen LogP contribution in [0.5, 0.6) is 0 Å². The van der Waals surface area contributed by atoms with Gasteiger partial charge in [-0.05, 0) is 30.2 Å². The lowest BCUT2D eigenvalue weighted by molar-refractivity contribution is 0.238. The zero-order valence-electron chi connectivity index (χ0n) is 8.63. The molecule has 0 unspecified atom stereocenters. The van der Waals surface area contributed by atoms with Gasteiger partial charge in [-0.25, -0.2) is 0 Å². The van der Waals surface area contributed by atoms with E-state index in [0.29, 0.717) is 16.6 Å². The number of aliphatic hydroxyl groups is 1. The Labute approximate surface area is 100 Å². The first-order valence-corrected chi connectivity index (χ1v) is 5.70. The molecule has 1 aromatic rings. The predicted octanol–water partition coefficient (Wildman–Crippen LogP) is 2.85. The van der Waals surface area contributed by atoms with Crippen LogP contribution in [0.15, 0.2) is 18.2 Å². The van der Waals surface area contributed by atoms with Crippen molar-refractivity contribution in [2.24, 2.45) is 0 Å². The SMILES string of the molecule is CC[C@@H](CO)NCc1cc(Cl)cc(Cl)c1. The molecule has 0 amide bonds.